The maximum atomic E-state index is 13.1. The number of carbonyl (C=O) groups excluding carboxylic acids is 1. The van der Waals surface area contributed by atoms with E-state index in [1.165, 1.54) is 50.5 Å². The van der Waals surface area contributed by atoms with E-state index in [1.54, 1.807) is 0 Å². The average Bonchev–Trinajstić information content (AvgIpc) is 3.34. The third-order valence-corrected chi connectivity index (χ3v) is 9.25. The number of hydrogen-bond acceptors (Lipinski definition) is 3. The standard InChI is InChI=1S/C25H34ClN3O/c26-23-2-1-16(3-4-29-14-20-9-21(29)13-27-20)8-22(23)24(30)28-15-25-10-17-5-18(11-25)7-19(6-17)12-25/h1-2,8,17-21,27H,3-7,9-15H2,(H,28,30). The third kappa shape index (κ3) is 3.59. The molecule has 1 aromatic rings. The van der Waals surface area contributed by atoms with Crippen LogP contribution in [0.1, 0.15) is 60.9 Å². The second kappa shape index (κ2) is 7.50. The zero-order valence-corrected chi connectivity index (χ0v) is 18.6. The van der Waals surface area contributed by atoms with E-state index in [0.29, 0.717) is 28.1 Å². The number of rotatable bonds is 6. The Kier molecular flexibility index (Phi) is 4.89. The number of fused-ring (bicyclic) bond motifs is 2. The maximum Gasteiger partial charge on any atom is 0.252 e. The first-order valence-corrected chi connectivity index (χ1v) is 12.5. The molecule has 30 heavy (non-hydrogen) atoms. The molecule has 4 nitrogen and oxygen atoms in total. The molecule has 2 N–H and O–H groups in total. The van der Waals surface area contributed by atoms with E-state index in [2.05, 4.69) is 21.6 Å². The quantitative estimate of drug-likeness (QED) is 0.724. The lowest BCUT2D eigenvalue weighted by Crippen LogP contribution is -2.51. The molecule has 6 aliphatic rings. The van der Waals surface area contributed by atoms with Crippen molar-refractivity contribution >= 4 is 17.5 Å². The van der Waals surface area contributed by atoms with Crippen molar-refractivity contribution in [2.75, 3.05) is 26.2 Å². The summed E-state index contributed by atoms with van der Waals surface area (Å²) < 4.78 is 0. The summed E-state index contributed by atoms with van der Waals surface area (Å²) >= 11 is 6.44. The fourth-order valence-electron chi connectivity index (χ4n) is 7.97. The SMILES string of the molecule is O=C(NCC12CC3CC(CC(C3)C1)C2)c1cc(CCN2CC3CC2CN3)ccc1Cl. The van der Waals surface area contributed by atoms with Crippen LogP contribution in [0.4, 0.5) is 0 Å². The molecule has 2 saturated heterocycles. The van der Waals surface area contributed by atoms with Gasteiger partial charge in [0, 0.05) is 38.3 Å². The Morgan fingerprint density at radius 2 is 1.87 bits per heavy atom. The zero-order chi connectivity index (χ0) is 20.3. The fourth-order valence-corrected chi connectivity index (χ4v) is 8.17. The predicted octanol–water partition coefficient (Wildman–Crippen LogP) is 3.87. The van der Waals surface area contributed by atoms with Crippen molar-refractivity contribution in [2.24, 2.45) is 23.2 Å². The van der Waals surface area contributed by atoms with Crippen LogP contribution in [0.15, 0.2) is 18.2 Å². The summed E-state index contributed by atoms with van der Waals surface area (Å²) in [6.45, 7) is 4.19. The van der Waals surface area contributed by atoms with E-state index < -0.39 is 0 Å². The largest absolute Gasteiger partial charge is 0.351 e. The maximum absolute atomic E-state index is 13.1. The normalized spacial score (nSPS) is 39.0. The highest BCUT2D eigenvalue weighted by atomic mass is 35.5. The van der Waals surface area contributed by atoms with E-state index >= 15 is 0 Å². The second-order valence-electron chi connectivity index (χ2n) is 11.2. The van der Waals surface area contributed by atoms with Crippen LogP contribution in [0, 0.1) is 23.2 Å². The van der Waals surface area contributed by atoms with Gasteiger partial charge in [0.1, 0.15) is 0 Å². The summed E-state index contributed by atoms with van der Waals surface area (Å²) in [4.78, 5) is 15.7. The lowest BCUT2D eigenvalue weighted by atomic mass is 9.49. The molecule has 2 heterocycles. The van der Waals surface area contributed by atoms with Crippen molar-refractivity contribution in [3.8, 4) is 0 Å². The Bertz CT molecular complexity index is 804. The topological polar surface area (TPSA) is 44.4 Å². The molecule has 6 fully saturated rings. The molecule has 0 radical (unpaired) electrons. The van der Waals surface area contributed by atoms with Gasteiger partial charge in [-0.1, -0.05) is 17.7 Å². The average molecular weight is 428 g/mol. The van der Waals surface area contributed by atoms with Crippen molar-refractivity contribution in [3.63, 3.8) is 0 Å². The molecule has 1 aromatic carbocycles. The van der Waals surface area contributed by atoms with Crippen LogP contribution in [0.5, 0.6) is 0 Å². The number of nitrogens with one attached hydrogen (secondary N) is 2. The van der Waals surface area contributed by atoms with Crippen LogP contribution in [0.25, 0.3) is 0 Å². The highest BCUT2D eigenvalue weighted by Gasteiger charge is 2.50. The molecule has 0 spiro atoms. The predicted molar refractivity (Wildman–Crippen MR) is 120 cm³/mol. The van der Waals surface area contributed by atoms with Crippen molar-refractivity contribution in [1.29, 1.82) is 0 Å². The lowest BCUT2D eigenvalue weighted by molar-refractivity contribution is -0.0503. The van der Waals surface area contributed by atoms with E-state index in [4.69, 9.17) is 11.6 Å². The minimum atomic E-state index is 0.0158. The van der Waals surface area contributed by atoms with Crippen molar-refractivity contribution in [3.05, 3.63) is 34.3 Å². The number of likely N-dealkylation sites (tertiary alicyclic amines) is 1. The number of amides is 1. The molecule has 2 unspecified atom stereocenters. The van der Waals surface area contributed by atoms with Gasteiger partial charge in [0.2, 0.25) is 0 Å². The van der Waals surface area contributed by atoms with Gasteiger partial charge in [-0.05, 0) is 92.2 Å². The Morgan fingerprint density at radius 3 is 2.50 bits per heavy atom. The van der Waals surface area contributed by atoms with E-state index in [-0.39, 0.29) is 5.91 Å². The molecular formula is C25H34ClN3O. The first kappa shape index (κ1) is 19.6. The van der Waals surface area contributed by atoms with Gasteiger partial charge in [-0.25, -0.2) is 0 Å². The van der Waals surface area contributed by atoms with Crippen LogP contribution >= 0.6 is 11.6 Å². The van der Waals surface area contributed by atoms with Gasteiger partial charge in [0.15, 0.2) is 0 Å². The minimum Gasteiger partial charge on any atom is -0.351 e. The number of carbonyl (C=O) groups is 1. The van der Waals surface area contributed by atoms with Gasteiger partial charge >= 0.3 is 0 Å². The van der Waals surface area contributed by atoms with Crippen LogP contribution in [0.2, 0.25) is 5.02 Å². The monoisotopic (exact) mass is 427 g/mol. The van der Waals surface area contributed by atoms with E-state index in [9.17, 15) is 4.79 Å². The molecular weight excluding hydrogens is 394 g/mol. The van der Waals surface area contributed by atoms with Gasteiger partial charge < -0.3 is 10.6 Å². The summed E-state index contributed by atoms with van der Waals surface area (Å²) in [5, 5.41) is 7.44. The van der Waals surface area contributed by atoms with E-state index in [1.807, 2.05) is 12.1 Å². The summed E-state index contributed by atoms with van der Waals surface area (Å²) in [5.74, 6) is 2.75. The number of benzene rings is 1. The van der Waals surface area contributed by atoms with Gasteiger partial charge in [0.05, 0.1) is 10.6 Å². The number of hydrogen-bond donors (Lipinski definition) is 2. The first-order chi connectivity index (χ1) is 14.6. The van der Waals surface area contributed by atoms with E-state index in [0.717, 1.165) is 50.4 Å². The van der Waals surface area contributed by atoms with Gasteiger partial charge in [0.25, 0.3) is 5.91 Å². The molecule has 4 saturated carbocycles. The molecule has 2 aliphatic heterocycles. The molecule has 7 rings (SSSR count). The lowest BCUT2D eigenvalue weighted by Gasteiger charge is -2.56. The first-order valence-electron chi connectivity index (χ1n) is 12.1. The fraction of sp³-hybridized carbons (Fsp3) is 0.720. The molecule has 162 valence electrons. The molecule has 0 aromatic heterocycles. The van der Waals surface area contributed by atoms with Crippen molar-refractivity contribution < 1.29 is 4.79 Å². The summed E-state index contributed by atoms with van der Waals surface area (Å²) in [6, 6.07) is 7.42. The van der Waals surface area contributed by atoms with Crippen molar-refractivity contribution in [1.82, 2.24) is 15.5 Å². The van der Waals surface area contributed by atoms with Crippen LogP contribution in [-0.2, 0) is 6.42 Å². The molecule has 1 amide bonds. The number of nitrogens with zero attached hydrogens (tertiary/aromatic N) is 1. The highest BCUT2D eigenvalue weighted by molar-refractivity contribution is 6.33. The van der Waals surface area contributed by atoms with Crippen LogP contribution < -0.4 is 10.6 Å². The summed E-state index contributed by atoms with van der Waals surface area (Å²) in [5.41, 5.74) is 2.23. The Labute approximate surface area is 185 Å². The number of piperazine rings is 1. The van der Waals surface area contributed by atoms with Gasteiger partial charge in [-0.2, -0.15) is 0 Å². The van der Waals surface area contributed by atoms with Gasteiger partial charge in [-0.3, -0.25) is 9.69 Å². The van der Waals surface area contributed by atoms with Crippen LogP contribution in [0.3, 0.4) is 0 Å². The highest BCUT2D eigenvalue weighted by Crippen LogP contribution is 2.59. The molecule has 4 aliphatic carbocycles. The zero-order valence-electron chi connectivity index (χ0n) is 17.8. The minimum absolute atomic E-state index is 0.0158. The molecule has 2 atom stereocenters. The third-order valence-electron chi connectivity index (χ3n) is 8.92. The Hall–Kier alpha value is -1.10. The summed E-state index contributed by atoms with van der Waals surface area (Å²) in [7, 11) is 0. The Balaban J connectivity index is 1.09. The Morgan fingerprint density at radius 1 is 1.13 bits per heavy atom. The van der Waals surface area contributed by atoms with Crippen molar-refractivity contribution in [2.45, 2.75) is 63.5 Å². The second-order valence-corrected chi connectivity index (χ2v) is 11.6. The smallest absolute Gasteiger partial charge is 0.252 e. The molecule has 6 bridgehead atoms. The summed E-state index contributed by atoms with van der Waals surface area (Å²) in [6.07, 6.45) is 10.6. The van der Waals surface area contributed by atoms with Gasteiger partial charge in [-0.15, -0.1) is 0 Å². The number of halogens is 1. The van der Waals surface area contributed by atoms with Crippen LogP contribution in [-0.4, -0.2) is 49.1 Å². The molecule has 5 heteroatoms.